The first-order valence-electron chi connectivity index (χ1n) is 7.99. The molecule has 3 aromatic rings. The maximum atomic E-state index is 11.2. The lowest BCUT2D eigenvalue weighted by Crippen LogP contribution is -2.08. The van der Waals surface area contributed by atoms with E-state index in [1.165, 1.54) is 0 Å². The Morgan fingerprint density at radius 3 is 2.44 bits per heavy atom. The lowest BCUT2D eigenvalue weighted by molar-refractivity contribution is 0.274. The molecule has 0 aliphatic carbocycles. The number of methoxy groups -OCH3 is 1. The number of nitrogens with zero attached hydrogens (tertiary/aromatic N) is 2. The minimum absolute atomic E-state index is 0.0773. The van der Waals surface area contributed by atoms with E-state index in [0.29, 0.717) is 30.0 Å². The average molecular weight is 340 g/mol. The third-order valence-corrected chi connectivity index (χ3v) is 4.30. The van der Waals surface area contributed by atoms with Crippen molar-refractivity contribution in [3.8, 4) is 17.4 Å². The molecule has 25 heavy (non-hydrogen) atoms. The van der Waals surface area contributed by atoms with Crippen LogP contribution in [0, 0.1) is 18.8 Å². The Morgan fingerprint density at radius 2 is 1.76 bits per heavy atom. The number of aryl methyl sites for hydroxylation is 2. The molecule has 6 heteroatoms. The Morgan fingerprint density at radius 1 is 1.08 bits per heavy atom. The highest BCUT2D eigenvalue weighted by Gasteiger charge is 2.20. The number of hydrogen-bond donors (Lipinski definition) is 1. The van der Waals surface area contributed by atoms with Crippen LogP contribution in [0.4, 0.5) is 5.69 Å². The fourth-order valence-electron chi connectivity index (χ4n) is 3.08. The zero-order valence-electron chi connectivity index (χ0n) is 14.4. The monoisotopic (exact) mass is 340 g/mol. The van der Waals surface area contributed by atoms with E-state index in [4.69, 9.17) is 9.47 Å². The number of aromatic hydroxyl groups is 1. The van der Waals surface area contributed by atoms with Crippen LogP contribution in [0.25, 0.3) is 10.9 Å². The summed E-state index contributed by atoms with van der Waals surface area (Å²) in [5.74, 6) is 1.14. The quantitative estimate of drug-likeness (QED) is 0.673. The highest BCUT2D eigenvalue weighted by molar-refractivity contribution is 5.99. The molecule has 0 fully saturated rings. The van der Waals surface area contributed by atoms with Gasteiger partial charge in [0.25, 0.3) is 0 Å². The lowest BCUT2D eigenvalue weighted by Gasteiger charge is -2.12. The van der Waals surface area contributed by atoms with Crippen LogP contribution in [0.15, 0.2) is 41.6 Å². The van der Waals surface area contributed by atoms with Crippen molar-refractivity contribution in [2.24, 2.45) is 5.18 Å². The summed E-state index contributed by atoms with van der Waals surface area (Å²) in [6, 6.07) is 11.2. The number of nitroso groups, excluding NO2 is 1. The van der Waals surface area contributed by atoms with Crippen LogP contribution in [0.5, 0.6) is 17.4 Å². The topological polar surface area (TPSA) is 73.1 Å². The molecule has 130 valence electrons. The van der Waals surface area contributed by atoms with Gasteiger partial charge in [-0.15, -0.1) is 4.91 Å². The summed E-state index contributed by atoms with van der Waals surface area (Å²) in [6.07, 6.45) is 0. The van der Waals surface area contributed by atoms with Crippen molar-refractivity contribution < 1.29 is 14.6 Å². The van der Waals surface area contributed by atoms with Crippen molar-refractivity contribution in [2.45, 2.75) is 20.4 Å². The van der Waals surface area contributed by atoms with Crippen molar-refractivity contribution in [3.05, 3.63) is 52.4 Å². The standard InChI is InChI=1S/C19H20N2O4/c1-12-8-9-13(2)18-16(12)17(20-23)19(22)21(18)10-11-25-15-7-5-4-6-14(15)24-3/h4-9,22H,10-11H2,1-3H3. The molecule has 0 saturated heterocycles. The summed E-state index contributed by atoms with van der Waals surface area (Å²) in [5, 5.41) is 14.2. The zero-order valence-corrected chi connectivity index (χ0v) is 14.4. The van der Waals surface area contributed by atoms with Crippen LogP contribution >= 0.6 is 0 Å². The van der Waals surface area contributed by atoms with Crippen LogP contribution < -0.4 is 9.47 Å². The minimum atomic E-state index is -0.133. The fourth-order valence-corrected chi connectivity index (χ4v) is 3.08. The molecular formula is C19H20N2O4. The first kappa shape index (κ1) is 16.8. The third-order valence-electron chi connectivity index (χ3n) is 4.30. The largest absolute Gasteiger partial charge is 0.493 e. The van der Waals surface area contributed by atoms with Gasteiger partial charge in [-0.3, -0.25) is 0 Å². The lowest BCUT2D eigenvalue weighted by atomic mass is 10.1. The zero-order chi connectivity index (χ0) is 18.0. The van der Waals surface area contributed by atoms with Gasteiger partial charge >= 0.3 is 0 Å². The average Bonchev–Trinajstić information content (AvgIpc) is 2.92. The molecule has 2 aromatic carbocycles. The van der Waals surface area contributed by atoms with Crippen molar-refractivity contribution >= 4 is 16.6 Å². The fraction of sp³-hybridized carbons (Fsp3) is 0.263. The van der Waals surface area contributed by atoms with E-state index in [2.05, 4.69) is 5.18 Å². The number of para-hydroxylation sites is 2. The molecule has 0 amide bonds. The Bertz CT molecular complexity index is 931. The summed E-state index contributed by atoms with van der Waals surface area (Å²) in [4.78, 5) is 11.2. The normalized spacial score (nSPS) is 10.8. The van der Waals surface area contributed by atoms with E-state index in [9.17, 15) is 10.0 Å². The molecule has 1 N–H and O–H groups in total. The van der Waals surface area contributed by atoms with Gasteiger partial charge in [0.1, 0.15) is 6.61 Å². The molecule has 0 bridgehead atoms. The molecular weight excluding hydrogens is 320 g/mol. The number of ether oxygens (including phenoxy) is 2. The van der Waals surface area contributed by atoms with Crippen molar-refractivity contribution in [1.82, 2.24) is 4.57 Å². The molecule has 0 aliphatic heterocycles. The maximum absolute atomic E-state index is 11.2. The Hall–Kier alpha value is -3.02. The summed E-state index contributed by atoms with van der Waals surface area (Å²) in [5.41, 5.74) is 2.74. The molecule has 0 unspecified atom stereocenters. The molecule has 0 spiro atoms. The van der Waals surface area contributed by atoms with Crippen molar-refractivity contribution in [3.63, 3.8) is 0 Å². The highest BCUT2D eigenvalue weighted by atomic mass is 16.5. The summed E-state index contributed by atoms with van der Waals surface area (Å²) in [7, 11) is 1.58. The first-order valence-corrected chi connectivity index (χ1v) is 7.99. The van der Waals surface area contributed by atoms with Crippen LogP contribution in [0.1, 0.15) is 11.1 Å². The van der Waals surface area contributed by atoms with E-state index < -0.39 is 0 Å². The van der Waals surface area contributed by atoms with E-state index in [1.54, 1.807) is 11.7 Å². The van der Waals surface area contributed by atoms with Crippen molar-refractivity contribution in [2.75, 3.05) is 13.7 Å². The number of fused-ring (bicyclic) bond motifs is 1. The molecule has 0 atom stereocenters. The number of hydrogen-bond acceptors (Lipinski definition) is 5. The van der Waals surface area contributed by atoms with Gasteiger partial charge in [-0.1, -0.05) is 24.3 Å². The predicted molar refractivity (Wildman–Crippen MR) is 97.0 cm³/mol. The second-order valence-electron chi connectivity index (χ2n) is 5.84. The Labute approximate surface area is 145 Å². The van der Waals surface area contributed by atoms with Gasteiger partial charge in [-0.05, 0) is 42.3 Å². The molecule has 3 rings (SSSR count). The second kappa shape index (κ2) is 6.84. The summed E-state index contributed by atoms with van der Waals surface area (Å²) in [6.45, 7) is 4.52. The van der Waals surface area contributed by atoms with Crippen LogP contribution in [-0.4, -0.2) is 23.4 Å². The number of rotatable bonds is 6. The Balaban J connectivity index is 1.93. The predicted octanol–water partition coefficient (Wildman–Crippen LogP) is 4.45. The minimum Gasteiger partial charge on any atom is -0.493 e. The van der Waals surface area contributed by atoms with E-state index in [1.807, 2.05) is 50.2 Å². The van der Waals surface area contributed by atoms with Gasteiger partial charge in [-0.25, -0.2) is 0 Å². The van der Waals surface area contributed by atoms with Crippen LogP contribution in [0.2, 0.25) is 0 Å². The number of benzene rings is 2. The molecule has 1 aromatic heterocycles. The molecule has 0 radical (unpaired) electrons. The summed E-state index contributed by atoms with van der Waals surface area (Å²) < 4.78 is 12.7. The molecule has 0 aliphatic rings. The van der Waals surface area contributed by atoms with Gasteiger partial charge in [-0.2, -0.15) is 0 Å². The van der Waals surface area contributed by atoms with E-state index >= 15 is 0 Å². The van der Waals surface area contributed by atoms with Gasteiger partial charge in [0.05, 0.1) is 19.2 Å². The smallest absolute Gasteiger partial charge is 0.222 e. The van der Waals surface area contributed by atoms with Gasteiger partial charge in [0.2, 0.25) is 5.88 Å². The third kappa shape index (κ3) is 2.91. The van der Waals surface area contributed by atoms with E-state index in [-0.39, 0.29) is 11.6 Å². The van der Waals surface area contributed by atoms with Crippen LogP contribution in [-0.2, 0) is 6.54 Å². The van der Waals surface area contributed by atoms with Crippen molar-refractivity contribution in [1.29, 1.82) is 0 Å². The molecule has 1 heterocycles. The Kier molecular flexibility index (Phi) is 4.61. The van der Waals surface area contributed by atoms with E-state index in [0.717, 1.165) is 16.6 Å². The highest BCUT2D eigenvalue weighted by Crippen LogP contribution is 2.41. The van der Waals surface area contributed by atoms with Gasteiger partial charge in [0, 0.05) is 5.39 Å². The molecule has 6 nitrogen and oxygen atoms in total. The number of aromatic nitrogens is 1. The first-order chi connectivity index (χ1) is 12.1. The SMILES string of the molecule is COc1ccccc1OCCn1c(O)c(N=O)c2c(C)ccc(C)c21. The maximum Gasteiger partial charge on any atom is 0.222 e. The van der Waals surface area contributed by atoms with Crippen LogP contribution in [0.3, 0.4) is 0 Å². The van der Waals surface area contributed by atoms with Gasteiger partial charge < -0.3 is 19.1 Å². The van der Waals surface area contributed by atoms with Gasteiger partial charge in [0.15, 0.2) is 17.2 Å². The summed E-state index contributed by atoms with van der Waals surface area (Å²) >= 11 is 0. The second-order valence-corrected chi connectivity index (χ2v) is 5.84. The molecule has 0 saturated carbocycles.